The predicted octanol–water partition coefficient (Wildman–Crippen LogP) is 1.55. The fourth-order valence-electron chi connectivity index (χ4n) is 1.08. The molecule has 0 fully saturated rings. The van der Waals surface area contributed by atoms with E-state index in [0.29, 0.717) is 0 Å². The molecule has 0 radical (unpaired) electrons. The highest BCUT2D eigenvalue weighted by molar-refractivity contribution is 8.93. The van der Waals surface area contributed by atoms with Gasteiger partial charge >= 0.3 is 0 Å². The van der Waals surface area contributed by atoms with Crippen molar-refractivity contribution in [2.24, 2.45) is 0 Å². The second-order valence-electron chi connectivity index (χ2n) is 3.03. The molecule has 12 heavy (non-hydrogen) atoms. The zero-order chi connectivity index (χ0) is 9.40. The van der Waals surface area contributed by atoms with E-state index in [0.717, 1.165) is 0 Å². The van der Waals surface area contributed by atoms with Gasteiger partial charge in [-0.1, -0.05) is 13.8 Å². The Bertz CT molecular complexity index is 97.1. The van der Waals surface area contributed by atoms with Crippen LogP contribution in [0.15, 0.2) is 0 Å². The summed E-state index contributed by atoms with van der Waals surface area (Å²) in [5.41, 5.74) is 0. The Balaban J connectivity index is 3.17. The molecule has 0 rings (SSSR count). The van der Waals surface area contributed by atoms with Crippen molar-refractivity contribution in [3.8, 4) is 0 Å². The minimum atomic E-state index is 0.258. The van der Waals surface area contributed by atoms with Crippen LogP contribution in [0.5, 0.6) is 0 Å². The highest BCUT2D eigenvalue weighted by Crippen LogP contribution is 2.31. The number of thiol groups is 1. The minimum absolute atomic E-state index is 0.258. The molecule has 0 bridgehead atoms. The van der Waals surface area contributed by atoms with Crippen LogP contribution < -0.4 is 0 Å². The van der Waals surface area contributed by atoms with Gasteiger partial charge in [-0.3, -0.25) is 0 Å². The predicted molar refractivity (Wildman–Crippen MR) is 68.3 cm³/mol. The maximum atomic E-state index is 2.49. The standard InChI is InChI=1S/C8H22BNS2/c1-4-10(5-2)7-6-8-11-12(3)9/h12H,4-9H2,1-3H3. The number of hydrogen-bond donors (Lipinski definition) is 1. The van der Waals surface area contributed by atoms with Crippen LogP contribution in [-0.2, 0) is 0 Å². The summed E-state index contributed by atoms with van der Waals surface area (Å²) < 4.78 is 0. The van der Waals surface area contributed by atoms with Gasteiger partial charge in [0.2, 0.25) is 0 Å². The summed E-state index contributed by atoms with van der Waals surface area (Å²) in [5.74, 6) is 1.34. The van der Waals surface area contributed by atoms with E-state index in [9.17, 15) is 0 Å². The van der Waals surface area contributed by atoms with Crippen molar-refractivity contribution < 1.29 is 0 Å². The van der Waals surface area contributed by atoms with E-state index in [1.54, 1.807) is 0 Å². The van der Waals surface area contributed by atoms with Gasteiger partial charge in [0, 0.05) is 5.75 Å². The lowest BCUT2D eigenvalue weighted by Gasteiger charge is -2.18. The lowest BCUT2D eigenvalue weighted by molar-refractivity contribution is 0.305. The van der Waals surface area contributed by atoms with Crippen molar-refractivity contribution in [3.63, 3.8) is 0 Å². The number of nitrogens with zero attached hydrogens (tertiary/aromatic N) is 1. The molecule has 0 spiro atoms. The van der Waals surface area contributed by atoms with Crippen molar-refractivity contribution in [2.75, 3.05) is 31.6 Å². The summed E-state index contributed by atoms with van der Waals surface area (Å²) in [7, 11) is 4.72. The van der Waals surface area contributed by atoms with Gasteiger partial charge in [0.25, 0.3) is 0 Å². The first kappa shape index (κ1) is 12.7. The van der Waals surface area contributed by atoms with Gasteiger partial charge in [-0.05, 0) is 32.3 Å². The van der Waals surface area contributed by atoms with Gasteiger partial charge < -0.3 is 4.90 Å². The lowest BCUT2D eigenvalue weighted by Crippen LogP contribution is -2.24. The van der Waals surface area contributed by atoms with Crippen molar-refractivity contribution in [3.05, 3.63) is 0 Å². The quantitative estimate of drug-likeness (QED) is 0.292. The summed E-state index contributed by atoms with van der Waals surface area (Å²) in [6.45, 7) is 8.16. The Labute approximate surface area is 84.7 Å². The Morgan fingerprint density at radius 3 is 2.33 bits per heavy atom. The highest BCUT2D eigenvalue weighted by atomic mass is 33.1. The largest absolute Gasteiger partial charge is 0.304 e. The van der Waals surface area contributed by atoms with E-state index in [4.69, 9.17) is 0 Å². The maximum Gasteiger partial charge on any atom is 0.161 e. The molecule has 1 atom stereocenters. The Kier molecular flexibility index (Phi) is 8.83. The second-order valence-corrected chi connectivity index (χ2v) is 8.28. The van der Waals surface area contributed by atoms with E-state index < -0.39 is 0 Å². The molecule has 4 heteroatoms. The van der Waals surface area contributed by atoms with Crippen LogP contribution in [0.3, 0.4) is 0 Å². The molecule has 0 aliphatic heterocycles. The lowest BCUT2D eigenvalue weighted by atomic mass is 10.4. The van der Waals surface area contributed by atoms with Gasteiger partial charge in [-0.2, -0.15) is 0 Å². The molecule has 0 aromatic heterocycles. The molecule has 1 nitrogen and oxygen atoms in total. The third-order valence-corrected chi connectivity index (χ3v) is 4.95. The molecule has 0 saturated carbocycles. The topological polar surface area (TPSA) is 3.24 Å². The zero-order valence-electron chi connectivity index (χ0n) is 8.84. The van der Waals surface area contributed by atoms with Crippen molar-refractivity contribution >= 4 is 27.7 Å². The molecule has 0 N–H and O–H groups in total. The van der Waals surface area contributed by atoms with Crippen LogP contribution in [0.1, 0.15) is 20.3 Å². The van der Waals surface area contributed by atoms with Gasteiger partial charge in [0.1, 0.15) is 0 Å². The van der Waals surface area contributed by atoms with Gasteiger partial charge in [0.05, 0.1) is 0 Å². The van der Waals surface area contributed by atoms with E-state index in [2.05, 4.69) is 42.9 Å². The average Bonchev–Trinajstić information content (AvgIpc) is 2.04. The fourth-order valence-corrected chi connectivity index (χ4v) is 3.18. The van der Waals surface area contributed by atoms with Gasteiger partial charge in [0.15, 0.2) is 7.12 Å². The first-order valence-corrected chi connectivity index (χ1v) is 8.56. The summed E-state index contributed by atoms with van der Waals surface area (Å²) >= 11 is 0. The Morgan fingerprint density at radius 1 is 1.33 bits per heavy atom. The van der Waals surface area contributed by atoms with Crippen molar-refractivity contribution in [2.45, 2.75) is 20.3 Å². The molecule has 0 amide bonds. The third-order valence-electron chi connectivity index (χ3n) is 1.86. The second kappa shape index (κ2) is 8.33. The Morgan fingerprint density at radius 2 is 1.92 bits per heavy atom. The SMILES string of the molecule is B[SH](C)SCCCN(CC)CC. The van der Waals surface area contributed by atoms with E-state index in [1.807, 2.05) is 0 Å². The van der Waals surface area contributed by atoms with Crippen LogP contribution in [0.25, 0.3) is 0 Å². The van der Waals surface area contributed by atoms with Gasteiger partial charge in [-0.25, -0.2) is 9.78 Å². The first-order valence-electron chi connectivity index (χ1n) is 4.73. The zero-order valence-corrected chi connectivity index (χ0v) is 10.5. The molecule has 0 aliphatic carbocycles. The molecule has 0 heterocycles. The Hall–Kier alpha value is 0.725. The van der Waals surface area contributed by atoms with Crippen LogP contribution >= 0.6 is 20.6 Å². The summed E-state index contributed by atoms with van der Waals surface area (Å²) in [4.78, 5) is 2.49. The maximum absolute atomic E-state index is 2.49. The van der Waals surface area contributed by atoms with Crippen LogP contribution in [0.2, 0.25) is 0 Å². The smallest absolute Gasteiger partial charge is 0.161 e. The fraction of sp³-hybridized carbons (Fsp3) is 1.00. The molecule has 0 aliphatic rings. The number of rotatable bonds is 7. The normalized spacial score (nSPS) is 15.2. The molecule has 0 aromatic carbocycles. The summed E-state index contributed by atoms with van der Waals surface area (Å²) in [5, 5.41) is 0. The molecule has 0 saturated heterocycles. The number of hydrogen-bond acceptors (Lipinski definition) is 2. The first-order chi connectivity index (χ1) is 5.70. The van der Waals surface area contributed by atoms with Gasteiger partial charge in [-0.15, -0.1) is 10.8 Å². The third kappa shape index (κ3) is 7.38. The minimum Gasteiger partial charge on any atom is -0.304 e. The van der Waals surface area contributed by atoms with E-state index in [1.165, 1.54) is 31.8 Å². The van der Waals surface area contributed by atoms with Crippen LogP contribution in [0, 0.1) is 0 Å². The summed E-state index contributed by atoms with van der Waals surface area (Å²) in [6, 6.07) is 0. The van der Waals surface area contributed by atoms with Crippen LogP contribution in [0.4, 0.5) is 0 Å². The molecule has 1 unspecified atom stereocenters. The van der Waals surface area contributed by atoms with Crippen LogP contribution in [-0.4, -0.2) is 43.7 Å². The summed E-state index contributed by atoms with van der Waals surface area (Å²) in [6.07, 6.45) is 3.68. The molecular formula is C8H22BNS2. The van der Waals surface area contributed by atoms with Crippen molar-refractivity contribution in [1.82, 2.24) is 4.90 Å². The molecule has 74 valence electrons. The average molecular weight is 207 g/mol. The highest BCUT2D eigenvalue weighted by Gasteiger charge is 1.98. The monoisotopic (exact) mass is 207 g/mol. The van der Waals surface area contributed by atoms with Crippen molar-refractivity contribution in [1.29, 1.82) is 0 Å². The van der Waals surface area contributed by atoms with E-state index in [-0.39, 0.29) is 9.78 Å². The van der Waals surface area contributed by atoms with E-state index >= 15 is 0 Å². The molecular weight excluding hydrogens is 185 g/mol. The molecule has 0 aromatic rings.